The first-order chi connectivity index (χ1) is 11.0. The third-order valence-electron chi connectivity index (χ3n) is 3.78. The van der Waals surface area contributed by atoms with Crippen LogP contribution in [0, 0.1) is 5.92 Å². The molecule has 2 N–H and O–H groups in total. The maximum atomic E-state index is 12.2. The van der Waals surface area contributed by atoms with E-state index in [0.29, 0.717) is 13.1 Å². The molecule has 0 fully saturated rings. The summed E-state index contributed by atoms with van der Waals surface area (Å²) in [4.78, 5) is 25.6. The van der Waals surface area contributed by atoms with E-state index in [0.717, 1.165) is 16.3 Å². The molecule has 0 saturated heterocycles. The van der Waals surface area contributed by atoms with Crippen LogP contribution < -0.4 is 5.32 Å². The van der Waals surface area contributed by atoms with Gasteiger partial charge in [0.25, 0.3) is 0 Å². The number of carbonyl (C=O) groups excluding carboxylic acids is 1. The van der Waals surface area contributed by atoms with Gasteiger partial charge in [0, 0.05) is 13.1 Å². The minimum Gasteiger partial charge on any atom is -0.481 e. The Bertz CT molecular complexity index is 692. The molecule has 0 unspecified atom stereocenters. The minimum atomic E-state index is -1.10. The Morgan fingerprint density at radius 1 is 1.13 bits per heavy atom. The topological polar surface area (TPSA) is 69.6 Å². The van der Waals surface area contributed by atoms with Crippen LogP contribution in [0.5, 0.6) is 0 Å². The van der Waals surface area contributed by atoms with E-state index in [1.165, 1.54) is 0 Å². The molecule has 0 aliphatic heterocycles. The van der Waals surface area contributed by atoms with Gasteiger partial charge in [0.1, 0.15) is 5.92 Å². The molecular weight excluding hydrogens is 292 g/mol. The van der Waals surface area contributed by atoms with Crippen LogP contribution in [0.25, 0.3) is 10.8 Å². The van der Waals surface area contributed by atoms with Gasteiger partial charge in [-0.1, -0.05) is 42.5 Å². The summed E-state index contributed by atoms with van der Waals surface area (Å²) in [6, 6.07) is 13.5. The Morgan fingerprint density at radius 3 is 2.52 bits per heavy atom. The zero-order valence-electron chi connectivity index (χ0n) is 13.5. The molecule has 23 heavy (non-hydrogen) atoms. The first kappa shape index (κ1) is 17.0. The van der Waals surface area contributed by atoms with Gasteiger partial charge in [0.15, 0.2) is 0 Å². The highest BCUT2D eigenvalue weighted by Gasteiger charge is 2.26. The van der Waals surface area contributed by atoms with E-state index in [9.17, 15) is 14.7 Å². The summed E-state index contributed by atoms with van der Waals surface area (Å²) in [6.45, 7) is 1.11. The molecule has 2 aromatic carbocycles. The lowest BCUT2D eigenvalue weighted by Crippen LogP contribution is -2.39. The van der Waals surface area contributed by atoms with Crippen LogP contribution in [0.1, 0.15) is 5.56 Å². The number of carboxylic acids is 1. The summed E-state index contributed by atoms with van der Waals surface area (Å²) in [5, 5.41) is 14.1. The first-order valence-corrected chi connectivity index (χ1v) is 7.61. The molecule has 0 saturated carbocycles. The predicted octanol–water partition coefficient (Wildman–Crippen LogP) is 1.76. The number of benzene rings is 2. The van der Waals surface area contributed by atoms with Crippen molar-refractivity contribution >= 4 is 22.6 Å². The third kappa shape index (κ3) is 4.53. The molecule has 0 spiro atoms. The quantitative estimate of drug-likeness (QED) is 0.764. The SMILES string of the molecule is CN(C)CCNC(=O)[C@H](Cc1cccc2ccccc12)C(=O)O. The molecular formula is C18H22N2O3. The fraction of sp³-hybridized carbons (Fsp3) is 0.333. The number of amides is 1. The van der Waals surface area contributed by atoms with Gasteiger partial charge in [-0.25, -0.2) is 0 Å². The van der Waals surface area contributed by atoms with Crippen molar-refractivity contribution in [2.45, 2.75) is 6.42 Å². The van der Waals surface area contributed by atoms with Gasteiger partial charge in [-0.2, -0.15) is 0 Å². The van der Waals surface area contributed by atoms with Crippen molar-refractivity contribution in [3.05, 3.63) is 48.0 Å². The van der Waals surface area contributed by atoms with E-state index in [-0.39, 0.29) is 6.42 Å². The summed E-state index contributed by atoms with van der Waals surface area (Å²) in [5.74, 6) is -2.62. The Balaban J connectivity index is 2.15. The van der Waals surface area contributed by atoms with Crippen LogP contribution in [0.3, 0.4) is 0 Å². The van der Waals surface area contributed by atoms with E-state index in [1.54, 1.807) is 0 Å². The van der Waals surface area contributed by atoms with Gasteiger partial charge < -0.3 is 15.3 Å². The third-order valence-corrected chi connectivity index (χ3v) is 3.78. The van der Waals surface area contributed by atoms with Crippen molar-refractivity contribution in [2.75, 3.05) is 27.2 Å². The molecule has 0 bridgehead atoms. The molecule has 0 aliphatic rings. The fourth-order valence-corrected chi connectivity index (χ4v) is 2.51. The number of hydrogen-bond acceptors (Lipinski definition) is 3. The number of carboxylic acid groups (broad SMARTS) is 1. The van der Waals surface area contributed by atoms with Crippen molar-refractivity contribution in [3.8, 4) is 0 Å². The average Bonchev–Trinajstić information content (AvgIpc) is 2.51. The highest BCUT2D eigenvalue weighted by Crippen LogP contribution is 2.21. The molecule has 0 radical (unpaired) electrons. The molecule has 2 rings (SSSR count). The zero-order chi connectivity index (χ0) is 16.8. The smallest absolute Gasteiger partial charge is 0.316 e. The first-order valence-electron chi connectivity index (χ1n) is 7.61. The van der Waals surface area contributed by atoms with Crippen molar-refractivity contribution in [2.24, 2.45) is 5.92 Å². The van der Waals surface area contributed by atoms with E-state index in [1.807, 2.05) is 61.5 Å². The highest BCUT2D eigenvalue weighted by molar-refractivity contribution is 5.98. The Morgan fingerprint density at radius 2 is 1.83 bits per heavy atom. The minimum absolute atomic E-state index is 0.185. The van der Waals surface area contributed by atoms with E-state index < -0.39 is 17.8 Å². The molecule has 0 heterocycles. The van der Waals surface area contributed by atoms with Crippen molar-refractivity contribution < 1.29 is 14.7 Å². The number of rotatable bonds is 7. The van der Waals surface area contributed by atoms with Crippen molar-refractivity contribution in [1.29, 1.82) is 0 Å². The number of hydrogen-bond donors (Lipinski definition) is 2. The summed E-state index contributed by atoms with van der Waals surface area (Å²) >= 11 is 0. The van der Waals surface area contributed by atoms with E-state index in [2.05, 4.69) is 5.32 Å². The van der Waals surface area contributed by atoms with Crippen molar-refractivity contribution in [1.82, 2.24) is 10.2 Å². The Kier molecular flexibility index (Phi) is 5.71. The van der Waals surface area contributed by atoms with E-state index in [4.69, 9.17) is 0 Å². The maximum Gasteiger partial charge on any atom is 0.316 e. The molecule has 122 valence electrons. The average molecular weight is 314 g/mol. The monoisotopic (exact) mass is 314 g/mol. The maximum absolute atomic E-state index is 12.2. The number of aliphatic carboxylic acids is 1. The van der Waals surface area contributed by atoms with Gasteiger partial charge in [-0.05, 0) is 36.9 Å². The second kappa shape index (κ2) is 7.74. The second-order valence-electron chi connectivity index (χ2n) is 5.83. The molecule has 1 amide bonds. The Labute approximate surface area is 135 Å². The molecule has 0 aromatic heterocycles. The summed E-state index contributed by atoms with van der Waals surface area (Å²) in [7, 11) is 3.80. The van der Waals surface area contributed by atoms with Crippen LogP contribution >= 0.6 is 0 Å². The summed E-state index contributed by atoms with van der Waals surface area (Å²) < 4.78 is 0. The number of fused-ring (bicyclic) bond motifs is 1. The largest absolute Gasteiger partial charge is 0.481 e. The predicted molar refractivity (Wildman–Crippen MR) is 90.3 cm³/mol. The fourth-order valence-electron chi connectivity index (χ4n) is 2.51. The summed E-state index contributed by atoms with van der Waals surface area (Å²) in [5.41, 5.74) is 0.873. The number of carbonyl (C=O) groups is 2. The van der Waals surface area contributed by atoms with Gasteiger partial charge in [0.05, 0.1) is 0 Å². The molecule has 5 heteroatoms. The van der Waals surface area contributed by atoms with Gasteiger partial charge in [0.2, 0.25) is 5.91 Å². The van der Waals surface area contributed by atoms with Crippen molar-refractivity contribution in [3.63, 3.8) is 0 Å². The zero-order valence-corrected chi connectivity index (χ0v) is 13.5. The summed E-state index contributed by atoms with van der Waals surface area (Å²) in [6.07, 6.45) is 0.185. The lowest BCUT2D eigenvalue weighted by atomic mass is 9.94. The number of nitrogens with zero attached hydrogens (tertiary/aromatic N) is 1. The van der Waals surface area contributed by atoms with Crippen LogP contribution in [0.4, 0.5) is 0 Å². The lowest BCUT2D eigenvalue weighted by Gasteiger charge is -2.16. The Hall–Kier alpha value is -2.40. The van der Waals surface area contributed by atoms with Crippen LogP contribution in [-0.2, 0) is 16.0 Å². The number of likely N-dealkylation sites (N-methyl/N-ethyl adjacent to an activating group) is 1. The molecule has 1 atom stereocenters. The van der Waals surface area contributed by atoms with Gasteiger partial charge in [-0.15, -0.1) is 0 Å². The molecule has 2 aromatic rings. The highest BCUT2D eigenvalue weighted by atomic mass is 16.4. The van der Waals surface area contributed by atoms with E-state index >= 15 is 0 Å². The molecule has 0 aliphatic carbocycles. The molecule has 5 nitrogen and oxygen atoms in total. The number of nitrogens with one attached hydrogen (secondary N) is 1. The van der Waals surface area contributed by atoms with Gasteiger partial charge >= 0.3 is 5.97 Å². The standard InChI is InChI=1S/C18H22N2O3/c1-20(2)11-10-19-17(21)16(18(22)23)12-14-8-5-7-13-6-3-4-9-15(13)14/h3-9,16H,10-12H2,1-2H3,(H,19,21)(H,22,23)/t16-/m0/s1. The van der Waals surface area contributed by atoms with Crippen LogP contribution in [0.2, 0.25) is 0 Å². The normalized spacial score (nSPS) is 12.3. The van der Waals surface area contributed by atoms with Crippen LogP contribution in [0.15, 0.2) is 42.5 Å². The lowest BCUT2D eigenvalue weighted by molar-refractivity contribution is -0.146. The van der Waals surface area contributed by atoms with Gasteiger partial charge in [-0.3, -0.25) is 9.59 Å². The second-order valence-corrected chi connectivity index (χ2v) is 5.83. The van der Waals surface area contributed by atoms with Crippen LogP contribution in [-0.4, -0.2) is 49.1 Å².